The quantitative estimate of drug-likeness (QED) is 0.561. The molecule has 0 fully saturated rings. The van der Waals surface area contributed by atoms with Gasteiger partial charge in [-0.3, -0.25) is 0 Å². The van der Waals surface area contributed by atoms with Crippen LogP contribution >= 0.6 is 15.9 Å². The number of rotatable bonds is 4. The molecular formula is C13H13BrF3N. The van der Waals surface area contributed by atoms with Gasteiger partial charge in [-0.15, -0.1) is 0 Å². The lowest BCUT2D eigenvalue weighted by Crippen LogP contribution is -2.05. The summed E-state index contributed by atoms with van der Waals surface area (Å²) in [6.07, 6.45) is -0.598. The molecule has 0 N–H and O–H groups in total. The van der Waals surface area contributed by atoms with Crippen molar-refractivity contribution in [2.45, 2.75) is 25.6 Å². The predicted molar refractivity (Wildman–Crippen MR) is 70.0 cm³/mol. The minimum Gasteiger partial charge on any atom is -0.347 e. The van der Waals surface area contributed by atoms with E-state index in [1.807, 2.05) is 4.57 Å². The van der Waals surface area contributed by atoms with E-state index in [9.17, 15) is 13.2 Å². The second kappa shape index (κ2) is 5.34. The molecule has 0 spiro atoms. The fourth-order valence-corrected chi connectivity index (χ4v) is 2.44. The highest BCUT2D eigenvalue weighted by Gasteiger charge is 2.32. The van der Waals surface area contributed by atoms with E-state index in [1.165, 1.54) is 6.07 Å². The van der Waals surface area contributed by atoms with Crippen LogP contribution in [0.1, 0.15) is 18.4 Å². The molecule has 1 heterocycles. The van der Waals surface area contributed by atoms with Crippen molar-refractivity contribution < 1.29 is 13.2 Å². The standard InChI is InChI=1S/C13H13BrF3N/c14-7-1-2-8-18-9-6-10-11(13(15,16)17)4-3-5-12(10)18/h3-6,9H,1-2,7-8H2. The van der Waals surface area contributed by atoms with E-state index in [0.717, 1.165) is 30.8 Å². The Morgan fingerprint density at radius 2 is 1.89 bits per heavy atom. The van der Waals surface area contributed by atoms with E-state index in [0.29, 0.717) is 5.52 Å². The van der Waals surface area contributed by atoms with Gasteiger partial charge in [-0.2, -0.15) is 13.2 Å². The van der Waals surface area contributed by atoms with Crippen molar-refractivity contribution in [3.05, 3.63) is 36.0 Å². The van der Waals surface area contributed by atoms with Crippen LogP contribution < -0.4 is 0 Å². The summed E-state index contributed by atoms with van der Waals surface area (Å²) in [5, 5.41) is 1.20. The first kappa shape index (κ1) is 13.5. The maximum Gasteiger partial charge on any atom is 0.417 e. The Morgan fingerprint density at radius 1 is 1.11 bits per heavy atom. The third kappa shape index (κ3) is 2.71. The van der Waals surface area contributed by atoms with Gasteiger partial charge in [0.25, 0.3) is 0 Å². The smallest absolute Gasteiger partial charge is 0.347 e. The van der Waals surface area contributed by atoms with Gasteiger partial charge in [0.15, 0.2) is 0 Å². The van der Waals surface area contributed by atoms with Crippen LogP contribution in [0, 0.1) is 0 Å². The molecule has 0 aliphatic carbocycles. The Morgan fingerprint density at radius 3 is 2.56 bits per heavy atom. The fraction of sp³-hybridized carbons (Fsp3) is 0.385. The number of benzene rings is 1. The zero-order chi connectivity index (χ0) is 13.2. The second-order valence-electron chi connectivity index (χ2n) is 4.14. The summed E-state index contributed by atoms with van der Waals surface area (Å²) in [7, 11) is 0. The molecule has 0 amide bonds. The molecule has 2 rings (SSSR count). The molecule has 1 nitrogen and oxygen atoms in total. The average Bonchev–Trinajstić information content (AvgIpc) is 2.71. The van der Waals surface area contributed by atoms with Crippen molar-refractivity contribution in [3.8, 4) is 0 Å². The van der Waals surface area contributed by atoms with E-state index in [4.69, 9.17) is 0 Å². The first-order valence-corrected chi connectivity index (χ1v) is 6.87. The van der Waals surface area contributed by atoms with Crippen LogP contribution in [0.15, 0.2) is 30.5 Å². The predicted octanol–water partition coefficient (Wildman–Crippen LogP) is 4.84. The number of hydrogen-bond acceptors (Lipinski definition) is 0. The van der Waals surface area contributed by atoms with E-state index in [2.05, 4.69) is 15.9 Å². The average molecular weight is 320 g/mol. The number of aryl methyl sites for hydroxylation is 1. The number of halogens is 4. The SMILES string of the molecule is FC(F)(F)c1cccc2c1ccn2CCCCBr. The Balaban J connectivity index is 2.36. The molecule has 0 aliphatic heterocycles. The molecule has 5 heteroatoms. The number of hydrogen-bond donors (Lipinski definition) is 0. The number of fused-ring (bicyclic) bond motifs is 1. The summed E-state index contributed by atoms with van der Waals surface area (Å²) in [4.78, 5) is 0. The molecule has 0 unspecified atom stereocenters. The maximum atomic E-state index is 12.8. The summed E-state index contributed by atoms with van der Waals surface area (Å²) in [5.74, 6) is 0. The summed E-state index contributed by atoms with van der Waals surface area (Å²) in [5.41, 5.74) is 0.0960. The topological polar surface area (TPSA) is 4.93 Å². The van der Waals surface area contributed by atoms with Crippen LogP contribution in [0.25, 0.3) is 10.9 Å². The fourth-order valence-electron chi connectivity index (χ4n) is 2.04. The molecule has 0 saturated heterocycles. The van der Waals surface area contributed by atoms with Gasteiger partial charge in [-0.25, -0.2) is 0 Å². The summed E-state index contributed by atoms with van der Waals surface area (Å²) >= 11 is 3.34. The van der Waals surface area contributed by atoms with Gasteiger partial charge in [-0.1, -0.05) is 22.0 Å². The number of nitrogens with zero attached hydrogens (tertiary/aromatic N) is 1. The van der Waals surface area contributed by atoms with Gasteiger partial charge in [0.2, 0.25) is 0 Å². The van der Waals surface area contributed by atoms with Crippen LogP contribution in [0.5, 0.6) is 0 Å². The molecule has 0 bridgehead atoms. The van der Waals surface area contributed by atoms with E-state index < -0.39 is 11.7 Å². The van der Waals surface area contributed by atoms with Gasteiger partial charge in [-0.05, 0) is 31.0 Å². The van der Waals surface area contributed by atoms with Gasteiger partial charge in [0.1, 0.15) is 0 Å². The molecule has 0 saturated carbocycles. The van der Waals surface area contributed by atoms with E-state index in [-0.39, 0.29) is 5.39 Å². The monoisotopic (exact) mass is 319 g/mol. The summed E-state index contributed by atoms with van der Waals surface area (Å²) < 4.78 is 40.3. The van der Waals surface area contributed by atoms with Crippen molar-refractivity contribution in [2.75, 3.05) is 5.33 Å². The highest BCUT2D eigenvalue weighted by molar-refractivity contribution is 9.09. The molecule has 0 atom stereocenters. The van der Waals surface area contributed by atoms with Gasteiger partial charge >= 0.3 is 6.18 Å². The summed E-state index contributed by atoms with van der Waals surface area (Å²) in [6, 6.07) is 5.88. The molecular weight excluding hydrogens is 307 g/mol. The Bertz CT molecular complexity index is 531. The molecule has 98 valence electrons. The molecule has 18 heavy (non-hydrogen) atoms. The van der Waals surface area contributed by atoms with Crippen molar-refractivity contribution in [1.29, 1.82) is 0 Å². The van der Waals surface area contributed by atoms with Crippen molar-refractivity contribution in [1.82, 2.24) is 4.57 Å². The van der Waals surface area contributed by atoms with Crippen LogP contribution in [-0.2, 0) is 12.7 Å². The molecule has 0 radical (unpaired) electrons. The Kier molecular flexibility index (Phi) is 4.00. The maximum absolute atomic E-state index is 12.8. The van der Waals surface area contributed by atoms with Crippen molar-refractivity contribution in [3.63, 3.8) is 0 Å². The highest BCUT2D eigenvalue weighted by atomic mass is 79.9. The van der Waals surface area contributed by atoms with Gasteiger partial charge < -0.3 is 4.57 Å². The third-order valence-corrected chi connectivity index (χ3v) is 3.46. The minimum atomic E-state index is -4.29. The molecule has 0 aliphatic rings. The van der Waals surface area contributed by atoms with Crippen LogP contribution in [-0.4, -0.2) is 9.90 Å². The zero-order valence-corrected chi connectivity index (χ0v) is 11.3. The number of alkyl halides is 4. The van der Waals surface area contributed by atoms with Crippen LogP contribution in [0.4, 0.5) is 13.2 Å². The van der Waals surface area contributed by atoms with E-state index >= 15 is 0 Å². The van der Waals surface area contributed by atoms with Crippen molar-refractivity contribution >= 4 is 26.8 Å². The Labute approximate surface area is 112 Å². The molecule has 1 aromatic heterocycles. The van der Waals surface area contributed by atoms with Crippen LogP contribution in [0.3, 0.4) is 0 Å². The third-order valence-electron chi connectivity index (χ3n) is 2.90. The van der Waals surface area contributed by atoms with Gasteiger partial charge in [0, 0.05) is 29.0 Å². The van der Waals surface area contributed by atoms with Crippen LogP contribution in [0.2, 0.25) is 0 Å². The number of aromatic nitrogens is 1. The minimum absolute atomic E-state index is 0.281. The summed E-state index contributed by atoms with van der Waals surface area (Å²) in [6.45, 7) is 0.746. The normalized spacial score (nSPS) is 12.2. The Hall–Kier alpha value is -0.970. The first-order valence-electron chi connectivity index (χ1n) is 5.75. The largest absolute Gasteiger partial charge is 0.417 e. The lowest BCUT2D eigenvalue weighted by atomic mass is 10.1. The van der Waals surface area contributed by atoms with Gasteiger partial charge in [0.05, 0.1) is 5.56 Å². The lowest BCUT2D eigenvalue weighted by Gasteiger charge is -2.09. The second-order valence-corrected chi connectivity index (χ2v) is 4.93. The lowest BCUT2D eigenvalue weighted by molar-refractivity contribution is -0.136. The van der Waals surface area contributed by atoms with E-state index in [1.54, 1.807) is 18.3 Å². The zero-order valence-electron chi connectivity index (χ0n) is 9.67. The highest BCUT2D eigenvalue weighted by Crippen LogP contribution is 2.35. The first-order chi connectivity index (χ1) is 8.54. The number of unbranched alkanes of at least 4 members (excludes halogenated alkanes) is 1. The molecule has 2 aromatic rings. The molecule has 1 aromatic carbocycles. The van der Waals surface area contributed by atoms with Crippen molar-refractivity contribution in [2.24, 2.45) is 0 Å².